The van der Waals surface area contributed by atoms with E-state index in [0.29, 0.717) is 5.69 Å². The number of nitrogens with one attached hydrogen (secondary N) is 1. The molecule has 2 aromatic carbocycles. The van der Waals surface area contributed by atoms with E-state index < -0.39 is 26.9 Å². The average Bonchev–Trinajstić information content (AvgIpc) is 2.56. The number of non-ortho nitro benzene ring substituents is 1. The number of carbonyl (C=O) groups excluding carboxylic acids is 1. The van der Waals surface area contributed by atoms with Crippen molar-refractivity contribution in [2.75, 3.05) is 15.9 Å². The van der Waals surface area contributed by atoms with Crippen LogP contribution < -0.4 is 9.62 Å². The maximum atomic E-state index is 12.7. The fourth-order valence-electron chi connectivity index (χ4n) is 2.74. The number of amides is 1. The van der Waals surface area contributed by atoms with Crippen molar-refractivity contribution in [3.05, 3.63) is 63.7 Å². The summed E-state index contributed by atoms with van der Waals surface area (Å²) >= 11 is 0. The highest BCUT2D eigenvalue weighted by Crippen LogP contribution is 2.26. The molecule has 0 saturated carbocycles. The average molecular weight is 391 g/mol. The lowest BCUT2D eigenvalue weighted by Crippen LogP contribution is -2.45. The molecule has 0 fully saturated rings. The number of hydrogen-bond donors (Lipinski definition) is 1. The van der Waals surface area contributed by atoms with Crippen LogP contribution in [0.5, 0.6) is 0 Å². The Bertz CT molecular complexity index is 988. The number of benzene rings is 2. The summed E-state index contributed by atoms with van der Waals surface area (Å²) in [5.41, 5.74) is 2.24. The third-order valence-corrected chi connectivity index (χ3v) is 5.26. The molecule has 9 heteroatoms. The molecule has 1 N–H and O–H groups in total. The van der Waals surface area contributed by atoms with Crippen LogP contribution in [0.4, 0.5) is 17.1 Å². The first kappa shape index (κ1) is 20.4. The first-order valence-corrected chi connectivity index (χ1v) is 9.97. The first-order chi connectivity index (χ1) is 12.5. The molecule has 0 bridgehead atoms. The van der Waals surface area contributed by atoms with Crippen LogP contribution >= 0.6 is 0 Å². The molecule has 1 atom stereocenters. The minimum absolute atomic E-state index is 0.0509. The summed E-state index contributed by atoms with van der Waals surface area (Å²) < 4.78 is 25.5. The summed E-state index contributed by atoms with van der Waals surface area (Å²) in [7, 11) is -3.86. The Hall–Kier alpha value is -2.94. The predicted octanol–water partition coefficient (Wildman–Crippen LogP) is 3.00. The van der Waals surface area contributed by atoms with Crippen molar-refractivity contribution in [1.82, 2.24) is 0 Å². The van der Waals surface area contributed by atoms with Crippen LogP contribution in [0, 0.1) is 24.0 Å². The third kappa shape index (κ3) is 4.82. The van der Waals surface area contributed by atoms with Crippen LogP contribution in [0.25, 0.3) is 0 Å². The van der Waals surface area contributed by atoms with Crippen molar-refractivity contribution in [3.63, 3.8) is 0 Å². The molecule has 0 saturated heterocycles. The number of nitrogens with zero attached hydrogens (tertiary/aromatic N) is 2. The van der Waals surface area contributed by atoms with Gasteiger partial charge in [0, 0.05) is 17.8 Å². The molecule has 0 heterocycles. The van der Waals surface area contributed by atoms with Crippen molar-refractivity contribution in [2.45, 2.75) is 26.8 Å². The molecule has 144 valence electrons. The highest BCUT2D eigenvalue weighted by molar-refractivity contribution is 7.92. The normalized spacial score (nSPS) is 12.3. The Morgan fingerprint density at radius 2 is 1.85 bits per heavy atom. The van der Waals surface area contributed by atoms with E-state index in [9.17, 15) is 23.3 Å². The van der Waals surface area contributed by atoms with Crippen molar-refractivity contribution in [3.8, 4) is 0 Å². The van der Waals surface area contributed by atoms with Gasteiger partial charge in [-0.1, -0.05) is 23.8 Å². The number of anilines is 2. The molecule has 0 aliphatic carbocycles. The number of rotatable bonds is 6. The smallest absolute Gasteiger partial charge is 0.271 e. The van der Waals surface area contributed by atoms with Crippen LogP contribution in [-0.4, -0.2) is 31.5 Å². The zero-order valence-corrected chi connectivity index (χ0v) is 16.3. The van der Waals surface area contributed by atoms with Gasteiger partial charge in [-0.25, -0.2) is 8.42 Å². The number of aryl methyl sites for hydroxylation is 2. The zero-order chi connectivity index (χ0) is 20.4. The van der Waals surface area contributed by atoms with Gasteiger partial charge in [0.2, 0.25) is 15.9 Å². The van der Waals surface area contributed by atoms with Gasteiger partial charge in [-0.05, 0) is 38.5 Å². The molecule has 0 spiro atoms. The lowest BCUT2D eigenvalue weighted by Gasteiger charge is -2.28. The van der Waals surface area contributed by atoms with Gasteiger partial charge in [-0.2, -0.15) is 0 Å². The van der Waals surface area contributed by atoms with Gasteiger partial charge in [0.1, 0.15) is 6.04 Å². The van der Waals surface area contributed by atoms with Gasteiger partial charge in [0.05, 0.1) is 16.9 Å². The minimum atomic E-state index is -3.86. The molecule has 8 nitrogen and oxygen atoms in total. The van der Waals surface area contributed by atoms with E-state index >= 15 is 0 Å². The molecule has 27 heavy (non-hydrogen) atoms. The van der Waals surface area contributed by atoms with Gasteiger partial charge in [0.25, 0.3) is 5.69 Å². The summed E-state index contributed by atoms with van der Waals surface area (Å²) in [4.78, 5) is 23.1. The quantitative estimate of drug-likeness (QED) is 0.601. The zero-order valence-electron chi connectivity index (χ0n) is 15.5. The molecule has 0 aliphatic rings. The van der Waals surface area contributed by atoms with E-state index in [2.05, 4.69) is 5.32 Å². The first-order valence-electron chi connectivity index (χ1n) is 8.12. The van der Waals surface area contributed by atoms with Crippen molar-refractivity contribution >= 4 is 33.0 Å². The second kappa shape index (κ2) is 7.75. The minimum Gasteiger partial charge on any atom is -0.324 e. The van der Waals surface area contributed by atoms with Crippen molar-refractivity contribution < 1.29 is 18.1 Å². The van der Waals surface area contributed by atoms with Crippen molar-refractivity contribution in [2.24, 2.45) is 0 Å². The fourth-order valence-corrected chi connectivity index (χ4v) is 3.91. The van der Waals surface area contributed by atoms with Crippen LogP contribution in [0.3, 0.4) is 0 Å². The molecule has 0 radical (unpaired) electrons. The molecule has 1 amide bonds. The van der Waals surface area contributed by atoms with Gasteiger partial charge in [0.15, 0.2) is 0 Å². The van der Waals surface area contributed by atoms with Gasteiger partial charge in [-0.15, -0.1) is 0 Å². The number of carbonyl (C=O) groups is 1. The van der Waals surface area contributed by atoms with E-state index in [1.165, 1.54) is 25.1 Å². The lowest BCUT2D eigenvalue weighted by atomic mass is 10.1. The molecule has 2 rings (SSSR count). The highest BCUT2D eigenvalue weighted by Gasteiger charge is 2.30. The highest BCUT2D eigenvalue weighted by atomic mass is 32.2. The SMILES string of the molecule is Cc1ccc(NC(=O)C(C)N(c2cccc([N+](=O)[O-])c2)S(C)(=O)=O)c(C)c1. The molecule has 1 unspecified atom stereocenters. The largest absolute Gasteiger partial charge is 0.324 e. The molecule has 0 aromatic heterocycles. The van der Waals surface area contributed by atoms with Crippen molar-refractivity contribution in [1.29, 1.82) is 0 Å². The number of nitro benzene ring substituents is 1. The molecule has 0 aliphatic heterocycles. The van der Waals surface area contributed by atoms with E-state index in [4.69, 9.17) is 0 Å². The predicted molar refractivity (Wildman–Crippen MR) is 104 cm³/mol. The third-order valence-electron chi connectivity index (χ3n) is 4.02. The Morgan fingerprint density at radius 3 is 2.41 bits per heavy atom. The Labute approximate surface area is 158 Å². The van der Waals surface area contributed by atoms with Crippen LogP contribution in [-0.2, 0) is 14.8 Å². The summed E-state index contributed by atoms with van der Waals surface area (Å²) in [5.74, 6) is -0.543. The molecular weight excluding hydrogens is 370 g/mol. The van der Waals surface area contributed by atoms with Crippen LogP contribution in [0.2, 0.25) is 0 Å². The molecule has 2 aromatic rings. The number of hydrogen-bond acceptors (Lipinski definition) is 5. The maximum absolute atomic E-state index is 12.7. The van der Waals surface area contributed by atoms with Gasteiger partial charge in [-0.3, -0.25) is 19.2 Å². The van der Waals surface area contributed by atoms with Gasteiger partial charge < -0.3 is 5.32 Å². The summed E-state index contributed by atoms with van der Waals surface area (Å²) in [6, 6.07) is 9.54. The van der Waals surface area contributed by atoms with Gasteiger partial charge >= 0.3 is 0 Å². The van der Waals surface area contributed by atoms with Crippen LogP contribution in [0.1, 0.15) is 18.1 Å². The van der Waals surface area contributed by atoms with E-state index in [-0.39, 0.29) is 11.4 Å². The van der Waals surface area contributed by atoms with Crippen LogP contribution in [0.15, 0.2) is 42.5 Å². The summed E-state index contributed by atoms with van der Waals surface area (Å²) in [6.07, 6.45) is 0.951. The number of nitro groups is 1. The number of sulfonamides is 1. The topological polar surface area (TPSA) is 110 Å². The second-order valence-corrected chi connectivity index (χ2v) is 8.18. The Balaban J connectivity index is 2.38. The monoisotopic (exact) mass is 391 g/mol. The molecular formula is C18H21N3O5S. The summed E-state index contributed by atoms with van der Waals surface area (Å²) in [6.45, 7) is 5.19. The Morgan fingerprint density at radius 1 is 1.19 bits per heavy atom. The standard InChI is InChI=1S/C18H21N3O5S/c1-12-8-9-17(13(2)10-12)19-18(22)14(3)20(27(4,25)26)15-6-5-7-16(11-15)21(23)24/h5-11,14H,1-4H3,(H,19,22). The Kier molecular flexibility index (Phi) is 5.85. The lowest BCUT2D eigenvalue weighted by molar-refractivity contribution is -0.384. The van der Waals surface area contributed by atoms with E-state index in [1.807, 2.05) is 26.0 Å². The van der Waals surface area contributed by atoms with E-state index in [0.717, 1.165) is 27.8 Å². The van der Waals surface area contributed by atoms with E-state index in [1.54, 1.807) is 6.07 Å². The second-order valence-electron chi connectivity index (χ2n) is 6.32. The summed E-state index contributed by atoms with van der Waals surface area (Å²) in [5, 5.41) is 13.7. The fraction of sp³-hybridized carbons (Fsp3) is 0.278. The maximum Gasteiger partial charge on any atom is 0.271 e.